The number of hydrogen-bond acceptors (Lipinski definition) is 5. The van der Waals surface area contributed by atoms with Crippen molar-refractivity contribution in [2.24, 2.45) is 0 Å². The first-order chi connectivity index (χ1) is 10.3. The van der Waals surface area contributed by atoms with Crippen LogP contribution in [-0.4, -0.2) is 51.5 Å². The number of hydrogen-bond donors (Lipinski definition) is 1. The summed E-state index contributed by atoms with van der Waals surface area (Å²) in [6, 6.07) is 2.29. The van der Waals surface area contributed by atoms with Gasteiger partial charge in [-0.15, -0.1) is 0 Å². The molecule has 0 saturated heterocycles. The number of ether oxygens (including phenoxy) is 2. The topological polar surface area (TPSA) is 46.6 Å². The fourth-order valence-corrected chi connectivity index (χ4v) is 2.10. The molecule has 1 aliphatic rings. The van der Waals surface area contributed by atoms with E-state index < -0.39 is 0 Å². The van der Waals surface area contributed by atoms with Crippen LogP contribution in [0, 0.1) is 5.82 Å². The lowest BCUT2D eigenvalue weighted by molar-refractivity contribution is 0.189. The Morgan fingerprint density at radius 3 is 2.52 bits per heavy atom. The molecule has 1 heterocycles. The highest BCUT2D eigenvalue weighted by atomic mass is 19.1. The van der Waals surface area contributed by atoms with E-state index in [-0.39, 0.29) is 5.82 Å². The van der Waals surface area contributed by atoms with Gasteiger partial charge in [0.2, 0.25) is 0 Å². The Kier molecular flexibility index (Phi) is 6.35. The largest absolute Gasteiger partial charge is 0.383 e. The lowest BCUT2D eigenvalue weighted by Gasteiger charge is -2.24. The summed E-state index contributed by atoms with van der Waals surface area (Å²) in [5, 5.41) is 3.33. The number of aromatic nitrogens is 1. The lowest BCUT2D eigenvalue weighted by Crippen LogP contribution is -2.32. The first-order valence-corrected chi connectivity index (χ1v) is 7.35. The highest BCUT2D eigenvalue weighted by Crippen LogP contribution is 2.22. The quantitative estimate of drug-likeness (QED) is 0.710. The third kappa shape index (κ3) is 4.91. The molecule has 0 unspecified atom stereocenters. The van der Waals surface area contributed by atoms with E-state index in [0.29, 0.717) is 50.3 Å². The van der Waals surface area contributed by atoms with Crippen molar-refractivity contribution in [3.8, 4) is 0 Å². The monoisotopic (exact) mass is 297 g/mol. The fraction of sp³-hybridized carbons (Fsp3) is 0.667. The molecule has 1 fully saturated rings. The molecule has 21 heavy (non-hydrogen) atoms. The van der Waals surface area contributed by atoms with Gasteiger partial charge < -0.3 is 19.7 Å². The van der Waals surface area contributed by atoms with Crippen molar-refractivity contribution in [2.75, 3.05) is 45.4 Å². The molecule has 0 atom stereocenters. The molecule has 0 bridgehead atoms. The van der Waals surface area contributed by atoms with Crippen LogP contribution in [0.25, 0.3) is 0 Å². The van der Waals surface area contributed by atoms with Crippen molar-refractivity contribution in [3.05, 3.63) is 23.6 Å². The van der Waals surface area contributed by atoms with Crippen LogP contribution < -0.4 is 10.2 Å². The maximum Gasteiger partial charge on any atom is 0.170 e. The highest BCUT2D eigenvalue weighted by molar-refractivity contribution is 5.43. The van der Waals surface area contributed by atoms with Crippen LogP contribution in [0.15, 0.2) is 12.3 Å². The lowest BCUT2D eigenvalue weighted by atomic mass is 10.2. The van der Waals surface area contributed by atoms with Crippen molar-refractivity contribution in [1.82, 2.24) is 10.3 Å². The van der Waals surface area contributed by atoms with Gasteiger partial charge in [0.15, 0.2) is 11.6 Å². The fourth-order valence-electron chi connectivity index (χ4n) is 2.10. The predicted octanol–water partition coefficient (Wildman–Crippen LogP) is 1.57. The van der Waals surface area contributed by atoms with E-state index in [1.807, 2.05) is 4.90 Å². The van der Waals surface area contributed by atoms with Crippen LogP contribution >= 0.6 is 0 Å². The molecule has 1 saturated carbocycles. The molecule has 1 aliphatic carbocycles. The number of anilines is 1. The Hall–Kier alpha value is -1.24. The van der Waals surface area contributed by atoms with Crippen molar-refractivity contribution < 1.29 is 13.9 Å². The summed E-state index contributed by atoms with van der Waals surface area (Å²) < 4.78 is 24.8. The molecule has 0 aromatic carbocycles. The normalized spacial score (nSPS) is 14.4. The van der Waals surface area contributed by atoms with Crippen molar-refractivity contribution >= 4 is 5.82 Å². The molecule has 118 valence electrons. The molecular weight excluding hydrogens is 273 g/mol. The second kappa shape index (κ2) is 8.26. The molecule has 0 aliphatic heterocycles. The van der Waals surface area contributed by atoms with Crippen LogP contribution in [0.5, 0.6) is 0 Å². The van der Waals surface area contributed by atoms with Gasteiger partial charge in [0.1, 0.15) is 0 Å². The van der Waals surface area contributed by atoms with E-state index in [9.17, 15) is 4.39 Å². The van der Waals surface area contributed by atoms with E-state index in [1.165, 1.54) is 12.8 Å². The number of methoxy groups -OCH3 is 2. The van der Waals surface area contributed by atoms with Gasteiger partial charge in [0.05, 0.1) is 13.2 Å². The zero-order valence-electron chi connectivity index (χ0n) is 12.8. The van der Waals surface area contributed by atoms with Gasteiger partial charge in [0, 0.05) is 51.7 Å². The standard InChI is InChI=1S/C15H24FN3O2/c1-20-9-7-19(8-10-21-2)15-14(16)12(5-6-17-15)11-18-13-3-4-13/h5-6,13,18H,3-4,7-11H2,1-2H3. The molecule has 1 aromatic heterocycles. The van der Waals surface area contributed by atoms with Gasteiger partial charge in [-0.2, -0.15) is 0 Å². The SMILES string of the molecule is COCCN(CCOC)c1nccc(CNC2CC2)c1F. The van der Waals surface area contributed by atoms with Gasteiger partial charge in [-0.3, -0.25) is 0 Å². The summed E-state index contributed by atoms with van der Waals surface area (Å²) in [5.74, 6) is 0.122. The zero-order valence-corrected chi connectivity index (χ0v) is 12.8. The van der Waals surface area contributed by atoms with Crippen LogP contribution in [-0.2, 0) is 16.0 Å². The van der Waals surface area contributed by atoms with E-state index in [0.717, 1.165) is 0 Å². The number of rotatable bonds is 10. The van der Waals surface area contributed by atoms with E-state index in [2.05, 4.69) is 10.3 Å². The van der Waals surface area contributed by atoms with Gasteiger partial charge in [-0.05, 0) is 18.9 Å². The van der Waals surface area contributed by atoms with Crippen molar-refractivity contribution in [2.45, 2.75) is 25.4 Å². The minimum Gasteiger partial charge on any atom is -0.383 e. The Bertz CT molecular complexity index is 433. The second-order valence-electron chi connectivity index (χ2n) is 5.24. The number of nitrogens with one attached hydrogen (secondary N) is 1. The molecule has 0 amide bonds. The first-order valence-electron chi connectivity index (χ1n) is 7.35. The zero-order chi connectivity index (χ0) is 15.1. The minimum atomic E-state index is -0.252. The van der Waals surface area contributed by atoms with E-state index >= 15 is 0 Å². The summed E-state index contributed by atoms with van der Waals surface area (Å²) in [6.45, 7) is 2.77. The molecule has 5 nitrogen and oxygen atoms in total. The average molecular weight is 297 g/mol. The summed E-state index contributed by atoms with van der Waals surface area (Å²) >= 11 is 0. The summed E-state index contributed by atoms with van der Waals surface area (Å²) in [6.07, 6.45) is 4.04. The van der Waals surface area contributed by atoms with Gasteiger partial charge in [0.25, 0.3) is 0 Å². The Labute approximate surface area is 125 Å². The minimum absolute atomic E-state index is 0.252. The maximum absolute atomic E-state index is 14.6. The summed E-state index contributed by atoms with van der Waals surface area (Å²) in [5.41, 5.74) is 0.659. The molecule has 2 rings (SSSR count). The smallest absolute Gasteiger partial charge is 0.170 e. The van der Waals surface area contributed by atoms with Crippen molar-refractivity contribution in [1.29, 1.82) is 0 Å². The number of pyridine rings is 1. The Morgan fingerprint density at radius 1 is 1.29 bits per heavy atom. The number of halogens is 1. The third-order valence-electron chi connectivity index (χ3n) is 3.54. The number of nitrogens with zero attached hydrogens (tertiary/aromatic N) is 2. The molecule has 1 aromatic rings. The average Bonchev–Trinajstić information content (AvgIpc) is 3.31. The summed E-state index contributed by atoms with van der Waals surface area (Å²) in [4.78, 5) is 6.06. The van der Waals surface area contributed by atoms with Crippen molar-refractivity contribution in [3.63, 3.8) is 0 Å². The van der Waals surface area contributed by atoms with Crippen LogP contribution in [0.1, 0.15) is 18.4 Å². The molecule has 6 heteroatoms. The Morgan fingerprint density at radius 2 is 1.95 bits per heavy atom. The molecule has 0 radical (unpaired) electrons. The maximum atomic E-state index is 14.6. The van der Waals surface area contributed by atoms with E-state index in [1.54, 1.807) is 26.5 Å². The predicted molar refractivity (Wildman–Crippen MR) is 80.0 cm³/mol. The van der Waals surface area contributed by atoms with Gasteiger partial charge in [-0.1, -0.05) is 0 Å². The van der Waals surface area contributed by atoms with Crippen LogP contribution in [0.2, 0.25) is 0 Å². The van der Waals surface area contributed by atoms with Crippen LogP contribution in [0.3, 0.4) is 0 Å². The van der Waals surface area contributed by atoms with Crippen LogP contribution in [0.4, 0.5) is 10.2 Å². The molecular formula is C15H24FN3O2. The van der Waals surface area contributed by atoms with E-state index in [4.69, 9.17) is 9.47 Å². The first kappa shape index (κ1) is 16.1. The third-order valence-corrected chi connectivity index (χ3v) is 3.54. The molecule has 1 N–H and O–H groups in total. The highest BCUT2D eigenvalue weighted by Gasteiger charge is 2.22. The second-order valence-corrected chi connectivity index (χ2v) is 5.24. The van der Waals surface area contributed by atoms with Gasteiger partial charge in [-0.25, -0.2) is 9.37 Å². The summed E-state index contributed by atoms with van der Waals surface area (Å²) in [7, 11) is 3.27. The Balaban J connectivity index is 2.07. The molecule has 0 spiro atoms. The van der Waals surface area contributed by atoms with Gasteiger partial charge >= 0.3 is 0 Å².